The first-order chi connectivity index (χ1) is 11.3. The van der Waals surface area contributed by atoms with Gasteiger partial charge in [-0.3, -0.25) is 4.79 Å². The molecule has 1 aliphatic rings. The molecule has 0 radical (unpaired) electrons. The summed E-state index contributed by atoms with van der Waals surface area (Å²) >= 11 is 3.45. The SMILES string of the molecule is COc1ccc(CCC(=O)N2CCC[C@H](S(C)(=O)=O)CC2)cc1Br. The summed E-state index contributed by atoms with van der Waals surface area (Å²) in [5.41, 5.74) is 1.07. The molecule has 0 saturated carbocycles. The molecule has 1 amide bonds. The molecule has 0 aliphatic carbocycles. The van der Waals surface area contributed by atoms with E-state index in [0.29, 0.717) is 38.8 Å². The monoisotopic (exact) mass is 417 g/mol. The van der Waals surface area contributed by atoms with E-state index in [9.17, 15) is 13.2 Å². The molecule has 0 spiro atoms. The van der Waals surface area contributed by atoms with E-state index in [-0.39, 0.29) is 11.2 Å². The smallest absolute Gasteiger partial charge is 0.222 e. The van der Waals surface area contributed by atoms with E-state index >= 15 is 0 Å². The summed E-state index contributed by atoms with van der Waals surface area (Å²) in [5, 5.41) is -0.312. The number of hydrogen-bond donors (Lipinski definition) is 0. The lowest BCUT2D eigenvalue weighted by atomic mass is 10.1. The molecule has 1 atom stereocenters. The summed E-state index contributed by atoms with van der Waals surface area (Å²) in [5.74, 6) is 0.862. The van der Waals surface area contributed by atoms with E-state index in [1.807, 2.05) is 23.1 Å². The average Bonchev–Trinajstić information content (AvgIpc) is 2.78. The highest BCUT2D eigenvalue weighted by molar-refractivity contribution is 9.10. The van der Waals surface area contributed by atoms with Crippen molar-refractivity contribution in [1.29, 1.82) is 0 Å². The van der Waals surface area contributed by atoms with Crippen LogP contribution >= 0.6 is 15.9 Å². The van der Waals surface area contributed by atoms with E-state index in [1.165, 1.54) is 6.26 Å². The van der Waals surface area contributed by atoms with Crippen LogP contribution in [0.3, 0.4) is 0 Å². The number of ether oxygens (including phenoxy) is 1. The van der Waals surface area contributed by atoms with Crippen molar-refractivity contribution >= 4 is 31.7 Å². The molecular formula is C17H24BrNO4S. The maximum Gasteiger partial charge on any atom is 0.222 e. The summed E-state index contributed by atoms with van der Waals surface area (Å²) in [6, 6.07) is 5.81. The number of amides is 1. The number of carbonyl (C=O) groups excluding carboxylic acids is 1. The highest BCUT2D eigenvalue weighted by atomic mass is 79.9. The predicted molar refractivity (Wildman–Crippen MR) is 98.1 cm³/mol. The number of rotatable bonds is 5. The summed E-state index contributed by atoms with van der Waals surface area (Å²) in [7, 11) is -1.40. The lowest BCUT2D eigenvalue weighted by molar-refractivity contribution is -0.131. The van der Waals surface area contributed by atoms with Crippen molar-refractivity contribution < 1.29 is 17.9 Å². The molecule has 7 heteroatoms. The predicted octanol–water partition coefficient (Wildman–Crippen LogP) is 2.82. The number of hydrogen-bond acceptors (Lipinski definition) is 4. The number of likely N-dealkylation sites (tertiary alicyclic amines) is 1. The Kier molecular flexibility index (Phi) is 6.69. The molecule has 5 nitrogen and oxygen atoms in total. The molecule has 2 rings (SSSR count). The van der Waals surface area contributed by atoms with Crippen molar-refractivity contribution in [3.8, 4) is 5.75 Å². The highest BCUT2D eigenvalue weighted by Gasteiger charge is 2.26. The van der Waals surface area contributed by atoms with Crippen molar-refractivity contribution in [1.82, 2.24) is 4.90 Å². The van der Waals surface area contributed by atoms with Gasteiger partial charge in [0.1, 0.15) is 15.6 Å². The topological polar surface area (TPSA) is 63.7 Å². The molecule has 0 N–H and O–H groups in total. The molecule has 0 unspecified atom stereocenters. The van der Waals surface area contributed by atoms with Gasteiger partial charge in [0.05, 0.1) is 16.8 Å². The van der Waals surface area contributed by atoms with Crippen molar-refractivity contribution in [3.05, 3.63) is 28.2 Å². The molecule has 1 heterocycles. The first-order valence-electron chi connectivity index (χ1n) is 8.10. The Balaban J connectivity index is 1.89. The van der Waals surface area contributed by atoms with Gasteiger partial charge in [0.25, 0.3) is 0 Å². The third-order valence-corrected chi connectivity index (χ3v) is 6.78. The fourth-order valence-electron chi connectivity index (χ4n) is 3.02. The van der Waals surface area contributed by atoms with Gasteiger partial charge in [-0.05, 0) is 59.3 Å². The standard InChI is InChI=1S/C17H24BrNO4S/c1-23-16-7-5-13(12-15(16)18)6-8-17(20)19-10-3-4-14(9-11-19)24(2,21)22/h5,7,12,14H,3-4,6,8-11H2,1-2H3/t14-/m0/s1. The molecule has 0 bridgehead atoms. The number of nitrogens with zero attached hydrogens (tertiary/aromatic N) is 1. The molecule has 0 aromatic heterocycles. The highest BCUT2D eigenvalue weighted by Crippen LogP contribution is 2.26. The van der Waals surface area contributed by atoms with E-state index in [0.717, 1.165) is 22.2 Å². The fraction of sp³-hybridized carbons (Fsp3) is 0.588. The number of aryl methyl sites for hydroxylation is 1. The van der Waals surface area contributed by atoms with E-state index < -0.39 is 9.84 Å². The minimum absolute atomic E-state index is 0.0936. The Morgan fingerprint density at radius 1 is 1.33 bits per heavy atom. The van der Waals surface area contributed by atoms with E-state index in [2.05, 4.69) is 15.9 Å². The van der Waals surface area contributed by atoms with Gasteiger partial charge in [0, 0.05) is 25.8 Å². The number of benzene rings is 1. The first-order valence-corrected chi connectivity index (χ1v) is 10.8. The average molecular weight is 418 g/mol. The summed E-state index contributed by atoms with van der Waals surface area (Å²) in [6.45, 7) is 1.18. The minimum Gasteiger partial charge on any atom is -0.496 e. The third-order valence-electron chi connectivity index (χ3n) is 4.48. The van der Waals surface area contributed by atoms with Crippen LogP contribution < -0.4 is 4.74 Å². The lowest BCUT2D eigenvalue weighted by Gasteiger charge is -2.20. The summed E-state index contributed by atoms with van der Waals surface area (Å²) in [6.07, 6.45) is 4.32. The van der Waals surface area contributed by atoms with Crippen LogP contribution in [0.2, 0.25) is 0 Å². The Morgan fingerprint density at radius 2 is 2.08 bits per heavy atom. The zero-order valence-corrected chi connectivity index (χ0v) is 16.5. The van der Waals surface area contributed by atoms with Crippen LogP contribution in [0, 0.1) is 0 Å². The van der Waals surface area contributed by atoms with Gasteiger partial charge < -0.3 is 9.64 Å². The van der Waals surface area contributed by atoms with Crippen LogP contribution in [0.4, 0.5) is 0 Å². The Hall–Kier alpha value is -1.08. The maximum atomic E-state index is 12.4. The molecule has 24 heavy (non-hydrogen) atoms. The molecule has 134 valence electrons. The van der Waals surface area contributed by atoms with Gasteiger partial charge in [0.15, 0.2) is 0 Å². The van der Waals surface area contributed by atoms with E-state index in [4.69, 9.17) is 4.74 Å². The second-order valence-corrected chi connectivity index (χ2v) is 9.41. The normalized spacial score (nSPS) is 19.0. The van der Waals surface area contributed by atoms with Crippen LogP contribution in [0.25, 0.3) is 0 Å². The number of methoxy groups -OCH3 is 1. The lowest BCUT2D eigenvalue weighted by Crippen LogP contribution is -2.32. The Morgan fingerprint density at radius 3 is 2.71 bits per heavy atom. The molecule has 1 aliphatic heterocycles. The van der Waals surface area contributed by atoms with Crippen LogP contribution in [-0.4, -0.2) is 50.9 Å². The summed E-state index contributed by atoms with van der Waals surface area (Å²) in [4.78, 5) is 14.2. The second-order valence-electron chi connectivity index (χ2n) is 6.23. The molecule has 1 aromatic rings. The largest absolute Gasteiger partial charge is 0.496 e. The number of halogens is 1. The van der Waals surface area contributed by atoms with Crippen molar-refractivity contribution in [2.24, 2.45) is 0 Å². The van der Waals surface area contributed by atoms with E-state index in [1.54, 1.807) is 7.11 Å². The van der Waals surface area contributed by atoms with Gasteiger partial charge in [-0.25, -0.2) is 8.42 Å². The van der Waals surface area contributed by atoms with Gasteiger partial charge >= 0.3 is 0 Å². The molecular weight excluding hydrogens is 394 g/mol. The molecule has 1 fully saturated rings. The quantitative estimate of drug-likeness (QED) is 0.738. The zero-order valence-electron chi connectivity index (χ0n) is 14.1. The number of sulfone groups is 1. The van der Waals surface area contributed by atoms with Crippen LogP contribution in [0.5, 0.6) is 5.75 Å². The van der Waals surface area contributed by atoms with Crippen molar-refractivity contribution in [3.63, 3.8) is 0 Å². The first kappa shape index (κ1) is 19.2. The van der Waals surface area contributed by atoms with Gasteiger partial charge in [-0.2, -0.15) is 0 Å². The maximum absolute atomic E-state index is 12.4. The second kappa shape index (κ2) is 8.34. The molecule has 1 aromatic carbocycles. The Bertz CT molecular complexity index is 690. The zero-order chi connectivity index (χ0) is 17.7. The third kappa shape index (κ3) is 5.21. The van der Waals surface area contributed by atoms with Crippen LogP contribution in [0.15, 0.2) is 22.7 Å². The fourth-order valence-corrected chi connectivity index (χ4v) is 4.73. The summed E-state index contributed by atoms with van der Waals surface area (Å²) < 4.78 is 29.5. The van der Waals surface area contributed by atoms with Crippen molar-refractivity contribution in [2.75, 3.05) is 26.5 Å². The molecule has 1 saturated heterocycles. The van der Waals surface area contributed by atoms with Gasteiger partial charge in [-0.15, -0.1) is 0 Å². The van der Waals surface area contributed by atoms with Crippen LogP contribution in [0.1, 0.15) is 31.2 Å². The number of carbonyl (C=O) groups is 1. The van der Waals surface area contributed by atoms with Gasteiger partial charge in [0.2, 0.25) is 5.91 Å². The Labute approximate surface area is 152 Å². The minimum atomic E-state index is -3.02. The van der Waals surface area contributed by atoms with Crippen LogP contribution in [-0.2, 0) is 21.1 Å². The van der Waals surface area contributed by atoms with Crippen molar-refractivity contribution in [2.45, 2.75) is 37.4 Å². The van der Waals surface area contributed by atoms with Gasteiger partial charge in [-0.1, -0.05) is 6.07 Å².